The van der Waals surface area contributed by atoms with Crippen molar-refractivity contribution in [1.29, 1.82) is 0 Å². The molecule has 0 unspecified atom stereocenters. The van der Waals surface area contributed by atoms with Gasteiger partial charge in [-0.05, 0) is 12.1 Å². The second-order valence-electron chi connectivity index (χ2n) is 4.41. The molecule has 21 heavy (non-hydrogen) atoms. The quantitative estimate of drug-likeness (QED) is 0.804. The van der Waals surface area contributed by atoms with Crippen molar-refractivity contribution in [3.05, 3.63) is 42.4 Å². The first-order valence-electron chi connectivity index (χ1n) is 6.75. The Hall–Kier alpha value is -2.41. The fourth-order valence-corrected chi connectivity index (χ4v) is 1.75. The average molecular weight is 289 g/mol. The van der Waals surface area contributed by atoms with Gasteiger partial charge in [0.25, 0.3) is 0 Å². The third-order valence-electron chi connectivity index (χ3n) is 2.80. The number of methoxy groups -OCH3 is 1. The van der Waals surface area contributed by atoms with Crippen molar-refractivity contribution in [3.63, 3.8) is 0 Å². The largest absolute Gasteiger partial charge is 0.383 e. The summed E-state index contributed by atoms with van der Waals surface area (Å²) in [5.41, 5.74) is 0.946. The van der Waals surface area contributed by atoms with Crippen molar-refractivity contribution >= 4 is 11.8 Å². The van der Waals surface area contributed by atoms with Crippen LogP contribution in [0.4, 0.5) is 10.6 Å². The Balaban J connectivity index is 1.70. The molecule has 0 aliphatic heterocycles. The molecule has 2 N–H and O–H groups in total. The second-order valence-corrected chi connectivity index (χ2v) is 4.41. The summed E-state index contributed by atoms with van der Waals surface area (Å²) < 4.78 is 6.68. The van der Waals surface area contributed by atoms with Crippen LogP contribution < -0.4 is 10.6 Å². The summed E-state index contributed by atoms with van der Waals surface area (Å²) in [6, 6.07) is 7.19. The minimum Gasteiger partial charge on any atom is -0.383 e. The molecule has 112 valence electrons. The molecule has 0 spiro atoms. The van der Waals surface area contributed by atoms with Crippen LogP contribution in [0, 0.1) is 0 Å². The van der Waals surface area contributed by atoms with Crippen LogP contribution in [-0.4, -0.2) is 41.1 Å². The smallest absolute Gasteiger partial charge is 0.320 e. The van der Waals surface area contributed by atoms with Crippen molar-refractivity contribution in [3.8, 4) is 0 Å². The van der Waals surface area contributed by atoms with Gasteiger partial charge in [-0.25, -0.2) is 4.79 Å². The molecule has 2 rings (SSSR count). The summed E-state index contributed by atoms with van der Waals surface area (Å²) in [6.45, 7) is 1.75. The molecular weight excluding hydrogens is 270 g/mol. The molecule has 0 aliphatic carbocycles. The van der Waals surface area contributed by atoms with E-state index in [2.05, 4.69) is 20.7 Å². The van der Waals surface area contributed by atoms with Gasteiger partial charge in [0.15, 0.2) is 5.82 Å². The van der Waals surface area contributed by atoms with Gasteiger partial charge in [0, 0.05) is 44.2 Å². The second kappa shape index (κ2) is 8.01. The van der Waals surface area contributed by atoms with E-state index in [9.17, 15) is 4.79 Å². The van der Waals surface area contributed by atoms with E-state index >= 15 is 0 Å². The van der Waals surface area contributed by atoms with Gasteiger partial charge < -0.3 is 10.1 Å². The van der Waals surface area contributed by atoms with Gasteiger partial charge >= 0.3 is 6.03 Å². The lowest BCUT2D eigenvalue weighted by Crippen LogP contribution is -2.30. The highest BCUT2D eigenvalue weighted by Gasteiger charge is 2.04. The lowest BCUT2D eigenvalue weighted by molar-refractivity contribution is 0.183. The standard InChI is InChI=1S/C14H19N5O2/c1-21-11-10-19-9-6-13(18-19)17-14(20)16-8-5-12-4-2-3-7-15-12/h2-4,6-7,9H,5,8,10-11H2,1H3,(H2,16,17,18,20). The number of carbonyl (C=O) groups excluding carboxylic acids is 1. The zero-order valence-electron chi connectivity index (χ0n) is 12.0. The Labute approximate surface area is 123 Å². The number of amides is 2. The molecule has 7 nitrogen and oxygen atoms in total. The topological polar surface area (TPSA) is 81.1 Å². The summed E-state index contributed by atoms with van der Waals surface area (Å²) >= 11 is 0. The number of nitrogens with zero attached hydrogens (tertiary/aromatic N) is 3. The minimum absolute atomic E-state index is 0.275. The van der Waals surface area contributed by atoms with Crippen LogP contribution in [0.1, 0.15) is 5.69 Å². The van der Waals surface area contributed by atoms with Crippen molar-refractivity contribution < 1.29 is 9.53 Å². The maximum Gasteiger partial charge on any atom is 0.320 e. The van der Waals surface area contributed by atoms with Gasteiger partial charge in [-0.1, -0.05) is 6.07 Å². The molecule has 2 amide bonds. The van der Waals surface area contributed by atoms with Crippen LogP contribution in [0.3, 0.4) is 0 Å². The number of hydrogen-bond donors (Lipinski definition) is 2. The number of rotatable bonds is 7. The number of ether oxygens (including phenoxy) is 1. The minimum atomic E-state index is -0.275. The Bertz CT molecular complexity index is 556. The molecule has 0 atom stereocenters. The molecular formula is C14H19N5O2. The molecule has 0 saturated carbocycles. The van der Waals surface area contributed by atoms with Gasteiger partial charge in [0.1, 0.15) is 0 Å². The Morgan fingerprint density at radius 1 is 1.38 bits per heavy atom. The molecule has 7 heteroatoms. The number of nitrogens with one attached hydrogen (secondary N) is 2. The first-order chi connectivity index (χ1) is 10.3. The molecule has 0 saturated heterocycles. The van der Waals surface area contributed by atoms with Crippen molar-refractivity contribution in [2.45, 2.75) is 13.0 Å². The van der Waals surface area contributed by atoms with Crippen LogP contribution in [0.15, 0.2) is 36.7 Å². The van der Waals surface area contributed by atoms with E-state index in [4.69, 9.17) is 4.74 Å². The number of hydrogen-bond acceptors (Lipinski definition) is 4. The molecule has 2 aromatic heterocycles. The molecule has 0 radical (unpaired) electrons. The van der Waals surface area contributed by atoms with Crippen LogP contribution in [0.25, 0.3) is 0 Å². The Kier molecular flexibility index (Phi) is 5.71. The highest BCUT2D eigenvalue weighted by molar-refractivity contribution is 5.88. The monoisotopic (exact) mass is 289 g/mol. The van der Waals surface area contributed by atoms with E-state index < -0.39 is 0 Å². The molecule has 0 aromatic carbocycles. The molecule has 0 aliphatic rings. The zero-order valence-corrected chi connectivity index (χ0v) is 12.0. The van der Waals surface area contributed by atoms with Gasteiger partial charge in [-0.2, -0.15) is 5.10 Å². The zero-order chi connectivity index (χ0) is 14.9. The summed E-state index contributed by atoms with van der Waals surface area (Å²) in [5, 5.41) is 9.66. The first kappa shape index (κ1) is 15.0. The lowest BCUT2D eigenvalue weighted by Gasteiger charge is -2.05. The van der Waals surface area contributed by atoms with Crippen molar-refractivity contribution in [2.24, 2.45) is 0 Å². The normalized spacial score (nSPS) is 10.3. The highest BCUT2D eigenvalue weighted by atomic mass is 16.5. The number of pyridine rings is 1. The van der Waals surface area contributed by atoms with Gasteiger partial charge in [-0.15, -0.1) is 0 Å². The molecule has 2 aromatic rings. The first-order valence-corrected chi connectivity index (χ1v) is 6.75. The summed E-state index contributed by atoms with van der Waals surface area (Å²) in [4.78, 5) is 15.9. The molecule has 0 fully saturated rings. The third kappa shape index (κ3) is 5.23. The van der Waals surface area contributed by atoms with Crippen LogP contribution in [0.2, 0.25) is 0 Å². The molecule has 0 bridgehead atoms. The van der Waals surface area contributed by atoms with Gasteiger partial charge in [0.05, 0.1) is 13.2 Å². The van der Waals surface area contributed by atoms with Crippen molar-refractivity contribution in [1.82, 2.24) is 20.1 Å². The third-order valence-corrected chi connectivity index (χ3v) is 2.80. The van der Waals surface area contributed by atoms with E-state index in [1.54, 1.807) is 30.3 Å². The lowest BCUT2D eigenvalue weighted by atomic mass is 10.3. The van der Waals surface area contributed by atoms with Crippen LogP contribution in [-0.2, 0) is 17.7 Å². The number of urea groups is 1. The fourth-order valence-electron chi connectivity index (χ4n) is 1.75. The van der Waals surface area contributed by atoms with E-state index in [-0.39, 0.29) is 6.03 Å². The maximum absolute atomic E-state index is 11.7. The Morgan fingerprint density at radius 3 is 3.05 bits per heavy atom. The number of aromatic nitrogens is 3. The summed E-state index contributed by atoms with van der Waals surface area (Å²) in [6.07, 6.45) is 4.22. The predicted octanol–water partition coefficient (Wildman–Crippen LogP) is 1.29. The van der Waals surface area contributed by atoms with E-state index in [0.717, 1.165) is 5.69 Å². The fraction of sp³-hybridized carbons (Fsp3) is 0.357. The molecule has 2 heterocycles. The van der Waals surface area contributed by atoms with Gasteiger partial charge in [-0.3, -0.25) is 15.0 Å². The number of anilines is 1. The van der Waals surface area contributed by atoms with Crippen LogP contribution in [0.5, 0.6) is 0 Å². The van der Waals surface area contributed by atoms with Crippen molar-refractivity contribution in [2.75, 3.05) is 25.6 Å². The predicted molar refractivity (Wildman–Crippen MR) is 79.1 cm³/mol. The summed E-state index contributed by atoms with van der Waals surface area (Å²) in [5.74, 6) is 0.515. The SMILES string of the molecule is COCCn1ccc(NC(=O)NCCc2ccccn2)n1. The maximum atomic E-state index is 11.7. The highest BCUT2D eigenvalue weighted by Crippen LogP contribution is 2.02. The van der Waals surface area contributed by atoms with Gasteiger partial charge in [0.2, 0.25) is 0 Å². The van der Waals surface area contributed by atoms with E-state index in [1.165, 1.54) is 0 Å². The number of carbonyl (C=O) groups is 1. The van der Waals surface area contributed by atoms with E-state index in [1.807, 2.05) is 18.2 Å². The van der Waals surface area contributed by atoms with E-state index in [0.29, 0.717) is 31.9 Å². The summed E-state index contributed by atoms with van der Waals surface area (Å²) in [7, 11) is 1.64. The average Bonchev–Trinajstić information content (AvgIpc) is 2.93. The Morgan fingerprint density at radius 2 is 2.29 bits per heavy atom. The van der Waals surface area contributed by atoms with Crippen LogP contribution >= 0.6 is 0 Å².